The summed E-state index contributed by atoms with van der Waals surface area (Å²) in [4.78, 5) is 0. The third kappa shape index (κ3) is 4.43. The zero-order valence-electron chi connectivity index (χ0n) is 17.4. The molecular formula is C29H30. The van der Waals surface area contributed by atoms with Gasteiger partial charge >= 0.3 is 0 Å². The molecule has 4 rings (SSSR count). The van der Waals surface area contributed by atoms with Crippen LogP contribution in [0.3, 0.4) is 0 Å². The number of allylic oxidation sites excluding steroid dienone is 2. The molecule has 3 atom stereocenters. The van der Waals surface area contributed by atoms with Crippen molar-refractivity contribution in [1.29, 1.82) is 0 Å². The molecule has 0 nitrogen and oxygen atoms in total. The van der Waals surface area contributed by atoms with E-state index in [9.17, 15) is 0 Å². The summed E-state index contributed by atoms with van der Waals surface area (Å²) in [6, 6.07) is 30.8. The lowest BCUT2D eigenvalue weighted by molar-refractivity contribution is 0.495. The van der Waals surface area contributed by atoms with E-state index in [1.807, 2.05) is 0 Å². The average molecular weight is 379 g/mol. The normalized spacial score (nSPS) is 21.1. The summed E-state index contributed by atoms with van der Waals surface area (Å²) in [6.07, 6.45) is 3.50. The standard InChI is InChI=1S/C29H30/c1-21(2)23-14-16-24(17-15-23)22(3)18-28-19-27(25-10-6-4-7-11-25)20-29(28)26-12-8-5-9-13-26/h4-17,27-29H,1,3,18-20H2,2H3. The van der Waals surface area contributed by atoms with Crippen molar-refractivity contribution in [3.8, 4) is 0 Å². The molecule has 1 fully saturated rings. The first-order valence-corrected chi connectivity index (χ1v) is 10.7. The van der Waals surface area contributed by atoms with Crippen LogP contribution in [0.5, 0.6) is 0 Å². The molecule has 0 bridgehead atoms. The fourth-order valence-corrected chi connectivity index (χ4v) is 4.88. The third-order valence-electron chi connectivity index (χ3n) is 6.49. The van der Waals surface area contributed by atoms with Gasteiger partial charge < -0.3 is 0 Å². The highest BCUT2D eigenvalue weighted by atomic mass is 14.4. The Kier molecular flexibility index (Phi) is 5.81. The van der Waals surface area contributed by atoms with Crippen LogP contribution in [-0.4, -0.2) is 0 Å². The molecule has 1 aliphatic carbocycles. The molecule has 0 aromatic heterocycles. The maximum Gasteiger partial charge on any atom is -0.0124 e. The van der Waals surface area contributed by atoms with Crippen molar-refractivity contribution in [3.63, 3.8) is 0 Å². The number of rotatable bonds is 6. The Morgan fingerprint density at radius 3 is 1.86 bits per heavy atom. The van der Waals surface area contributed by atoms with E-state index < -0.39 is 0 Å². The van der Waals surface area contributed by atoms with Crippen LogP contribution < -0.4 is 0 Å². The van der Waals surface area contributed by atoms with Crippen LogP contribution in [0.4, 0.5) is 0 Å². The minimum absolute atomic E-state index is 0.591. The molecular weight excluding hydrogens is 348 g/mol. The average Bonchev–Trinajstić information content (AvgIpc) is 3.19. The Morgan fingerprint density at radius 2 is 1.28 bits per heavy atom. The Balaban J connectivity index is 1.55. The van der Waals surface area contributed by atoms with Crippen molar-refractivity contribution in [2.24, 2.45) is 5.92 Å². The van der Waals surface area contributed by atoms with Gasteiger partial charge in [-0.15, -0.1) is 0 Å². The van der Waals surface area contributed by atoms with Crippen molar-refractivity contribution in [2.75, 3.05) is 0 Å². The Labute approximate surface area is 175 Å². The van der Waals surface area contributed by atoms with Crippen LogP contribution in [0.25, 0.3) is 11.1 Å². The molecule has 3 unspecified atom stereocenters. The lowest BCUT2D eigenvalue weighted by atomic mass is 9.83. The van der Waals surface area contributed by atoms with Crippen LogP contribution in [-0.2, 0) is 0 Å². The summed E-state index contributed by atoms with van der Waals surface area (Å²) in [5.74, 6) is 1.84. The van der Waals surface area contributed by atoms with Crippen molar-refractivity contribution in [2.45, 2.75) is 38.0 Å². The summed E-state index contributed by atoms with van der Waals surface area (Å²) in [5, 5.41) is 0. The van der Waals surface area contributed by atoms with Gasteiger partial charge in [-0.05, 0) is 71.8 Å². The summed E-state index contributed by atoms with van der Waals surface area (Å²) in [6.45, 7) is 10.6. The van der Waals surface area contributed by atoms with E-state index in [1.54, 1.807) is 0 Å². The van der Waals surface area contributed by atoms with Crippen molar-refractivity contribution in [1.82, 2.24) is 0 Å². The molecule has 0 amide bonds. The highest BCUT2D eigenvalue weighted by molar-refractivity contribution is 5.68. The second-order valence-corrected chi connectivity index (χ2v) is 8.52. The highest BCUT2D eigenvalue weighted by Crippen LogP contribution is 2.50. The Morgan fingerprint density at radius 1 is 0.724 bits per heavy atom. The van der Waals surface area contributed by atoms with E-state index in [1.165, 1.54) is 40.7 Å². The van der Waals surface area contributed by atoms with Gasteiger partial charge in [-0.2, -0.15) is 0 Å². The summed E-state index contributed by atoms with van der Waals surface area (Å²) < 4.78 is 0. The first kappa shape index (κ1) is 19.5. The van der Waals surface area contributed by atoms with Crippen molar-refractivity contribution in [3.05, 3.63) is 120 Å². The van der Waals surface area contributed by atoms with E-state index in [0.717, 1.165) is 12.0 Å². The third-order valence-corrected chi connectivity index (χ3v) is 6.49. The zero-order chi connectivity index (χ0) is 20.2. The lowest BCUT2D eigenvalue weighted by Gasteiger charge is -2.21. The van der Waals surface area contributed by atoms with Crippen molar-refractivity contribution >= 4 is 11.1 Å². The molecule has 29 heavy (non-hydrogen) atoms. The molecule has 3 aromatic carbocycles. The number of hydrogen-bond donors (Lipinski definition) is 0. The summed E-state index contributed by atoms with van der Waals surface area (Å²) in [5.41, 5.74) is 7.76. The molecule has 1 saturated carbocycles. The van der Waals surface area contributed by atoms with E-state index in [-0.39, 0.29) is 0 Å². The Hall–Kier alpha value is -2.86. The minimum atomic E-state index is 0.591. The fourth-order valence-electron chi connectivity index (χ4n) is 4.88. The van der Waals surface area contributed by atoms with Gasteiger partial charge in [0.05, 0.1) is 0 Å². The molecule has 0 N–H and O–H groups in total. The zero-order valence-corrected chi connectivity index (χ0v) is 17.4. The van der Waals surface area contributed by atoms with Crippen LogP contribution in [0, 0.1) is 5.92 Å². The van der Waals surface area contributed by atoms with Gasteiger partial charge in [0.1, 0.15) is 0 Å². The number of benzene rings is 3. The predicted octanol–water partition coefficient (Wildman–Crippen LogP) is 8.10. The molecule has 1 aliphatic rings. The molecule has 0 aliphatic heterocycles. The largest absolute Gasteiger partial charge is 0.0955 e. The van der Waals surface area contributed by atoms with Gasteiger partial charge in [-0.3, -0.25) is 0 Å². The molecule has 3 aromatic rings. The first-order chi connectivity index (χ1) is 14.1. The molecule has 0 heterocycles. The van der Waals surface area contributed by atoms with Gasteiger partial charge in [0.25, 0.3) is 0 Å². The van der Waals surface area contributed by atoms with Gasteiger partial charge in [-0.25, -0.2) is 0 Å². The highest BCUT2D eigenvalue weighted by Gasteiger charge is 2.35. The van der Waals surface area contributed by atoms with Crippen LogP contribution >= 0.6 is 0 Å². The molecule has 146 valence electrons. The molecule has 0 saturated heterocycles. The summed E-state index contributed by atoms with van der Waals surface area (Å²) in [7, 11) is 0. The molecule has 0 radical (unpaired) electrons. The van der Waals surface area contributed by atoms with E-state index in [2.05, 4.69) is 105 Å². The summed E-state index contributed by atoms with van der Waals surface area (Å²) >= 11 is 0. The van der Waals surface area contributed by atoms with E-state index in [0.29, 0.717) is 17.8 Å². The van der Waals surface area contributed by atoms with Gasteiger partial charge in [-0.1, -0.05) is 104 Å². The maximum absolute atomic E-state index is 4.47. The van der Waals surface area contributed by atoms with Crippen LogP contribution in [0.1, 0.15) is 60.3 Å². The Bertz CT molecular complexity index is 964. The predicted molar refractivity (Wildman–Crippen MR) is 126 cm³/mol. The van der Waals surface area contributed by atoms with Crippen LogP contribution in [0.2, 0.25) is 0 Å². The molecule has 0 heteroatoms. The number of hydrogen-bond acceptors (Lipinski definition) is 0. The SMILES string of the molecule is C=C(C)c1ccc(C(=C)CC2CC(c3ccccc3)CC2c2ccccc2)cc1. The van der Waals surface area contributed by atoms with Gasteiger partial charge in [0.15, 0.2) is 0 Å². The van der Waals surface area contributed by atoms with E-state index in [4.69, 9.17) is 0 Å². The maximum atomic E-state index is 4.47. The monoisotopic (exact) mass is 378 g/mol. The second kappa shape index (κ2) is 8.66. The van der Waals surface area contributed by atoms with E-state index >= 15 is 0 Å². The van der Waals surface area contributed by atoms with Gasteiger partial charge in [0, 0.05) is 0 Å². The van der Waals surface area contributed by atoms with Crippen molar-refractivity contribution < 1.29 is 0 Å². The topological polar surface area (TPSA) is 0 Å². The quantitative estimate of drug-likeness (QED) is 0.406. The van der Waals surface area contributed by atoms with Crippen LogP contribution in [0.15, 0.2) is 98.1 Å². The smallest absolute Gasteiger partial charge is 0.0124 e. The second-order valence-electron chi connectivity index (χ2n) is 8.52. The minimum Gasteiger partial charge on any atom is -0.0955 e. The lowest BCUT2D eigenvalue weighted by Crippen LogP contribution is -2.07. The fraction of sp³-hybridized carbons (Fsp3) is 0.241. The first-order valence-electron chi connectivity index (χ1n) is 10.7. The molecule has 0 spiro atoms. The van der Waals surface area contributed by atoms with Gasteiger partial charge in [0.2, 0.25) is 0 Å².